The van der Waals surface area contributed by atoms with Gasteiger partial charge in [-0.15, -0.1) is 0 Å². The predicted molar refractivity (Wildman–Crippen MR) is 91.0 cm³/mol. The van der Waals surface area contributed by atoms with Crippen molar-refractivity contribution in [3.8, 4) is 0 Å². The minimum atomic E-state index is -0.106. The molecule has 0 radical (unpaired) electrons. The molecule has 0 atom stereocenters. The lowest BCUT2D eigenvalue weighted by Gasteiger charge is -2.08. The molecular formula is C19H22N2O2. The molecule has 0 bridgehead atoms. The molecule has 2 amide bonds. The summed E-state index contributed by atoms with van der Waals surface area (Å²) in [5, 5.41) is 5.73. The zero-order valence-electron chi connectivity index (χ0n) is 13.3. The number of carbonyl (C=O) groups excluding carboxylic acids is 2. The first kappa shape index (κ1) is 16.7. The zero-order valence-corrected chi connectivity index (χ0v) is 13.3. The van der Waals surface area contributed by atoms with Crippen LogP contribution in [0.5, 0.6) is 0 Å². The summed E-state index contributed by atoms with van der Waals surface area (Å²) in [5.74, 6) is -0.104. The van der Waals surface area contributed by atoms with E-state index in [9.17, 15) is 9.59 Å². The lowest BCUT2D eigenvalue weighted by molar-refractivity contribution is -0.121. The first-order chi connectivity index (χ1) is 11.2. The molecule has 0 aliphatic heterocycles. The minimum absolute atomic E-state index is 0.00205. The molecule has 0 saturated heterocycles. The van der Waals surface area contributed by atoms with Gasteiger partial charge in [0.05, 0.1) is 0 Å². The van der Waals surface area contributed by atoms with Crippen molar-refractivity contribution in [2.45, 2.75) is 26.3 Å². The van der Waals surface area contributed by atoms with E-state index in [2.05, 4.69) is 10.6 Å². The summed E-state index contributed by atoms with van der Waals surface area (Å²) in [6, 6.07) is 17.0. The molecule has 2 N–H and O–H groups in total. The number of aryl methyl sites for hydroxylation is 1. The van der Waals surface area contributed by atoms with E-state index in [-0.39, 0.29) is 11.8 Å². The van der Waals surface area contributed by atoms with Gasteiger partial charge in [-0.2, -0.15) is 0 Å². The van der Waals surface area contributed by atoms with E-state index in [1.54, 1.807) is 12.1 Å². The van der Waals surface area contributed by atoms with Crippen LogP contribution < -0.4 is 10.6 Å². The number of hydrogen-bond acceptors (Lipinski definition) is 2. The monoisotopic (exact) mass is 310 g/mol. The SMILES string of the molecule is Cc1ccccc1CNC(=O)CCCNC(=O)c1ccccc1. The van der Waals surface area contributed by atoms with Crippen molar-refractivity contribution in [3.63, 3.8) is 0 Å². The average molecular weight is 310 g/mol. The first-order valence-corrected chi connectivity index (χ1v) is 7.81. The fraction of sp³-hybridized carbons (Fsp3) is 0.263. The number of rotatable bonds is 7. The van der Waals surface area contributed by atoms with E-state index >= 15 is 0 Å². The van der Waals surface area contributed by atoms with Crippen LogP contribution in [0, 0.1) is 6.92 Å². The van der Waals surface area contributed by atoms with Crippen molar-refractivity contribution in [1.82, 2.24) is 10.6 Å². The van der Waals surface area contributed by atoms with E-state index < -0.39 is 0 Å². The number of hydrogen-bond donors (Lipinski definition) is 2. The van der Waals surface area contributed by atoms with Gasteiger partial charge in [0.1, 0.15) is 0 Å². The maximum absolute atomic E-state index is 11.8. The molecule has 0 spiro atoms. The molecule has 4 nitrogen and oxygen atoms in total. The molecule has 23 heavy (non-hydrogen) atoms. The van der Waals surface area contributed by atoms with Gasteiger partial charge in [0.2, 0.25) is 5.91 Å². The van der Waals surface area contributed by atoms with Gasteiger partial charge in [-0.25, -0.2) is 0 Å². The highest BCUT2D eigenvalue weighted by Gasteiger charge is 2.05. The molecule has 0 saturated carbocycles. The van der Waals surface area contributed by atoms with E-state index in [0.717, 1.165) is 5.56 Å². The van der Waals surface area contributed by atoms with Crippen LogP contribution in [0.25, 0.3) is 0 Å². The third-order valence-electron chi connectivity index (χ3n) is 3.64. The van der Waals surface area contributed by atoms with E-state index in [1.165, 1.54) is 5.56 Å². The van der Waals surface area contributed by atoms with Crippen LogP contribution in [0.3, 0.4) is 0 Å². The van der Waals surface area contributed by atoms with Gasteiger partial charge in [-0.1, -0.05) is 42.5 Å². The summed E-state index contributed by atoms with van der Waals surface area (Å²) in [4.78, 5) is 23.6. The first-order valence-electron chi connectivity index (χ1n) is 7.81. The van der Waals surface area contributed by atoms with Gasteiger partial charge >= 0.3 is 0 Å². The van der Waals surface area contributed by atoms with Crippen LogP contribution >= 0.6 is 0 Å². The Morgan fingerprint density at radius 2 is 1.61 bits per heavy atom. The van der Waals surface area contributed by atoms with Crippen LogP contribution in [0.15, 0.2) is 54.6 Å². The third kappa shape index (κ3) is 5.58. The van der Waals surface area contributed by atoms with Crippen molar-refractivity contribution < 1.29 is 9.59 Å². The molecule has 0 aliphatic carbocycles. The molecule has 0 unspecified atom stereocenters. The fourth-order valence-electron chi connectivity index (χ4n) is 2.23. The second kappa shape index (κ2) is 8.73. The van der Waals surface area contributed by atoms with Crippen LogP contribution in [0.1, 0.15) is 34.3 Å². The summed E-state index contributed by atoms with van der Waals surface area (Å²) >= 11 is 0. The molecule has 2 rings (SSSR count). The van der Waals surface area contributed by atoms with Crippen molar-refractivity contribution >= 4 is 11.8 Å². The Balaban J connectivity index is 1.63. The molecule has 2 aromatic carbocycles. The standard InChI is InChI=1S/C19H22N2O2/c1-15-8-5-6-11-17(15)14-21-18(22)12-7-13-20-19(23)16-9-3-2-4-10-16/h2-6,8-11H,7,12-14H2,1H3,(H,20,23)(H,21,22). The molecule has 0 fully saturated rings. The number of benzene rings is 2. The molecule has 0 aromatic heterocycles. The molecule has 0 aliphatic rings. The Kier molecular flexibility index (Phi) is 6.36. The highest BCUT2D eigenvalue weighted by Crippen LogP contribution is 2.06. The summed E-state index contributed by atoms with van der Waals surface area (Å²) in [6.45, 7) is 3.06. The predicted octanol–water partition coefficient (Wildman–Crippen LogP) is 2.82. The molecule has 120 valence electrons. The topological polar surface area (TPSA) is 58.2 Å². The van der Waals surface area contributed by atoms with Gasteiger partial charge in [-0.05, 0) is 36.6 Å². The van der Waals surface area contributed by atoms with Gasteiger partial charge in [0, 0.05) is 25.1 Å². The lowest BCUT2D eigenvalue weighted by Crippen LogP contribution is -2.27. The summed E-state index contributed by atoms with van der Waals surface area (Å²) in [7, 11) is 0. The van der Waals surface area contributed by atoms with Crippen molar-refractivity contribution in [1.29, 1.82) is 0 Å². The van der Waals surface area contributed by atoms with Gasteiger partial charge in [0.15, 0.2) is 0 Å². The Labute approximate surface area is 136 Å². The number of amides is 2. The fourth-order valence-corrected chi connectivity index (χ4v) is 2.23. The van der Waals surface area contributed by atoms with Crippen molar-refractivity contribution in [2.75, 3.05) is 6.54 Å². The van der Waals surface area contributed by atoms with Gasteiger partial charge in [-0.3, -0.25) is 9.59 Å². The zero-order chi connectivity index (χ0) is 16.5. The normalized spacial score (nSPS) is 10.1. The molecule has 4 heteroatoms. The molecule has 2 aromatic rings. The van der Waals surface area contributed by atoms with E-state index in [1.807, 2.05) is 49.4 Å². The van der Waals surface area contributed by atoms with Gasteiger partial charge < -0.3 is 10.6 Å². The summed E-state index contributed by atoms with van der Waals surface area (Å²) in [5.41, 5.74) is 2.93. The Hall–Kier alpha value is -2.62. The molecular weight excluding hydrogens is 288 g/mol. The Morgan fingerprint density at radius 3 is 2.35 bits per heavy atom. The summed E-state index contributed by atoms with van der Waals surface area (Å²) in [6.07, 6.45) is 1.03. The quantitative estimate of drug-likeness (QED) is 0.773. The van der Waals surface area contributed by atoms with Crippen molar-refractivity contribution in [3.05, 3.63) is 71.3 Å². The average Bonchev–Trinajstić information content (AvgIpc) is 2.58. The maximum atomic E-state index is 11.8. The summed E-state index contributed by atoms with van der Waals surface area (Å²) < 4.78 is 0. The lowest BCUT2D eigenvalue weighted by atomic mass is 10.1. The highest BCUT2D eigenvalue weighted by molar-refractivity contribution is 5.94. The largest absolute Gasteiger partial charge is 0.352 e. The van der Waals surface area contributed by atoms with Gasteiger partial charge in [0.25, 0.3) is 5.91 Å². The number of carbonyl (C=O) groups is 2. The van der Waals surface area contributed by atoms with Crippen LogP contribution in [-0.4, -0.2) is 18.4 Å². The van der Waals surface area contributed by atoms with E-state index in [0.29, 0.717) is 31.5 Å². The second-order valence-corrected chi connectivity index (χ2v) is 5.43. The minimum Gasteiger partial charge on any atom is -0.352 e. The van der Waals surface area contributed by atoms with E-state index in [4.69, 9.17) is 0 Å². The smallest absolute Gasteiger partial charge is 0.251 e. The Bertz CT molecular complexity index is 653. The number of nitrogens with one attached hydrogen (secondary N) is 2. The van der Waals surface area contributed by atoms with Crippen LogP contribution in [0.4, 0.5) is 0 Å². The third-order valence-corrected chi connectivity index (χ3v) is 3.64. The van der Waals surface area contributed by atoms with Crippen LogP contribution in [-0.2, 0) is 11.3 Å². The molecule has 0 heterocycles. The highest BCUT2D eigenvalue weighted by atomic mass is 16.2. The van der Waals surface area contributed by atoms with Crippen molar-refractivity contribution in [2.24, 2.45) is 0 Å². The Morgan fingerprint density at radius 1 is 0.913 bits per heavy atom. The second-order valence-electron chi connectivity index (χ2n) is 5.43. The van der Waals surface area contributed by atoms with Crippen LogP contribution in [0.2, 0.25) is 0 Å². The maximum Gasteiger partial charge on any atom is 0.251 e.